The fraction of sp³-hybridized carbons (Fsp3) is 0.0667. The number of methoxy groups -OCH3 is 1. The van der Waals surface area contributed by atoms with Gasteiger partial charge in [0.25, 0.3) is 0 Å². The Hall–Kier alpha value is -2.13. The molecule has 0 N–H and O–H groups in total. The number of benzene rings is 2. The average Bonchev–Trinajstić information content (AvgIpc) is 2.47. The lowest BCUT2D eigenvalue weighted by atomic mass is 9.99. The molecule has 0 bridgehead atoms. The zero-order chi connectivity index (χ0) is 13.8. The Morgan fingerprint density at radius 3 is 2.63 bits per heavy atom. The van der Waals surface area contributed by atoms with Crippen LogP contribution in [0.3, 0.4) is 0 Å². The molecule has 0 saturated carbocycles. The standard InChI is InChI=1S/C15H11ClO3/c1-19-15(18)13-8-10(6-7-14(13)16)12-5-3-2-4-11(12)9-17/h2-9H,1H3. The van der Waals surface area contributed by atoms with Crippen molar-refractivity contribution in [1.82, 2.24) is 0 Å². The number of hydrogen-bond donors (Lipinski definition) is 0. The number of hydrogen-bond acceptors (Lipinski definition) is 3. The van der Waals surface area contributed by atoms with E-state index in [0.717, 1.165) is 17.4 Å². The number of aldehydes is 1. The van der Waals surface area contributed by atoms with E-state index in [-0.39, 0.29) is 5.56 Å². The van der Waals surface area contributed by atoms with E-state index in [1.165, 1.54) is 7.11 Å². The van der Waals surface area contributed by atoms with Gasteiger partial charge in [0.15, 0.2) is 6.29 Å². The number of ether oxygens (including phenoxy) is 1. The Balaban J connectivity index is 2.57. The third-order valence-electron chi connectivity index (χ3n) is 2.77. The molecule has 96 valence electrons. The summed E-state index contributed by atoms with van der Waals surface area (Å²) in [6.45, 7) is 0. The Morgan fingerprint density at radius 2 is 1.95 bits per heavy atom. The molecule has 0 radical (unpaired) electrons. The van der Waals surface area contributed by atoms with Gasteiger partial charge in [-0.2, -0.15) is 0 Å². The summed E-state index contributed by atoms with van der Waals surface area (Å²) < 4.78 is 4.67. The maximum absolute atomic E-state index is 11.6. The molecule has 0 saturated heterocycles. The SMILES string of the molecule is COC(=O)c1cc(-c2ccccc2C=O)ccc1Cl. The van der Waals surface area contributed by atoms with Crippen LogP contribution >= 0.6 is 11.6 Å². The molecule has 0 aliphatic heterocycles. The molecule has 0 aliphatic rings. The highest BCUT2D eigenvalue weighted by atomic mass is 35.5. The number of rotatable bonds is 3. The van der Waals surface area contributed by atoms with Crippen LogP contribution in [-0.2, 0) is 4.74 Å². The first-order valence-electron chi connectivity index (χ1n) is 5.60. The van der Waals surface area contributed by atoms with E-state index < -0.39 is 5.97 Å². The summed E-state index contributed by atoms with van der Waals surface area (Å²) in [5.41, 5.74) is 2.33. The van der Waals surface area contributed by atoms with Crippen molar-refractivity contribution in [1.29, 1.82) is 0 Å². The topological polar surface area (TPSA) is 43.4 Å². The van der Waals surface area contributed by atoms with Crippen molar-refractivity contribution >= 4 is 23.9 Å². The van der Waals surface area contributed by atoms with Crippen molar-refractivity contribution in [3.05, 3.63) is 58.6 Å². The van der Waals surface area contributed by atoms with Crippen molar-refractivity contribution in [3.63, 3.8) is 0 Å². The minimum Gasteiger partial charge on any atom is -0.465 e. The monoisotopic (exact) mass is 274 g/mol. The van der Waals surface area contributed by atoms with E-state index in [1.807, 2.05) is 12.1 Å². The van der Waals surface area contributed by atoms with Gasteiger partial charge in [-0.1, -0.05) is 41.9 Å². The summed E-state index contributed by atoms with van der Waals surface area (Å²) in [7, 11) is 1.30. The molecule has 0 amide bonds. The molecular formula is C15H11ClO3. The maximum Gasteiger partial charge on any atom is 0.339 e. The van der Waals surface area contributed by atoms with Crippen molar-refractivity contribution in [3.8, 4) is 11.1 Å². The quantitative estimate of drug-likeness (QED) is 0.634. The van der Waals surface area contributed by atoms with Crippen LogP contribution in [0.25, 0.3) is 11.1 Å². The largest absolute Gasteiger partial charge is 0.465 e. The molecular weight excluding hydrogens is 264 g/mol. The molecule has 2 rings (SSSR count). The van der Waals surface area contributed by atoms with Crippen molar-refractivity contribution in [2.75, 3.05) is 7.11 Å². The predicted molar refractivity (Wildman–Crippen MR) is 73.6 cm³/mol. The lowest BCUT2D eigenvalue weighted by Gasteiger charge is -2.08. The van der Waals surface area contributed by atoms with E-state index in [4.69, 9.17) is 11.6 Å². The normalized spacial score (nSPS) is 10.0. The van der Waals surface area contributed by atoms with Crippen LogP contribution < -0.4 is 0 Å². The Kier molecular flexibility index (Phi) is 3.97. The molecule has 0 fully saturated rings. The third kappa shape index (κ3) is 2.66. The average molecular weight is 275 g/mol. The summed E-state index contributed by atoms with van der Waals surface area (Å²) >= 11 is 5.96. The van der Waals surface area contributed by atoms with Crippen LogP contribution in [0.5, 0.6) is 0 Å². The number of esters is 1. The molecule has 0 heterocycles. The lowest BCUT2D eigenvalue weighted by Crippen LogP contribution is -2.02. The lowest BCUT2D eigenvalue weighted by molar-refractivity contribution is 0.0601. The zero-order valence-electron chi connectivity index (χ0n) is 10.2. The first-order chi connectivity index (χ1) is 9.17. The smallest absolute Gasteiger partial charge is 0.339 e. The molecule has 0 aliphatic carbocycles. The van der Waals surface area contributed by atoms with Gasteiger partial charge in [0.2, 0.25) is 0 Å². The van der Waals surface area contributed by atoms with Gasteiger partial charge in [0.1, 0.15) is 0 Å². The molecule has 0 spiro atoms. The Bertz CT molecular complexity index is 635. The zero-order valence-corrected chi connectivity index (χ0v) is 11.0. The highest BCUT2D eigenvalue weighted by Crippen LogP contribution is 2.27. The highest BCUT2D eigenvalue weighted by molar-refractivity contribution is 6.33. The predicted octanol–water partition coefficient (Wildman–Crippen LogP) is 3.61. The molecule has 0 atom stereocenters. The summed E-state index contributed by atoms with van der Waals surface area (Å²) in [6.07, 6.45) is 0.780. The second-order valence-electron chi connectivity index (χ2n) is 3.89. The molecule has 3 nitrogen and oxygen atoms in total. The summed E-state index contributed by atoms with van der Waals surface area (Å²) in [5, 5.41) is 0.319. The van der Waals surface area contributed by atoms with Crippen LogP contribution in [-0.4, -0.2) is 19.4 Å². The first kappa shape index (κ1) is 13.3. The minimum absolute atomic E-state index is 0.280. The van der Waals surface area contributed by atoms with E-state index in [1.54, 1.807) is 30.3 Å². The van der Waals surface area contributed by atoms with E-state index in [0.29, 0.717) is 10.6 Å². The Morgan fingerprint density at radius 1 is 1.21 bits per heavy atom. The highest BCUT2D eigenvalue weighted by Gasteiger charge is 2.13. The van der Waals surface area contributed by atoms with Gasteiger partial charge in [0.05, 0.1) is 17.7 Å². The van der Waals surface area contributed by atoms with E-state index in [9.17, 15) is 9.59 Å². The van der Waals surface area contributed by atoms with Gasteiger partial charge in [-0.15, -0.1) is 0 Å². The first-order valence-corrected chi connectivity index (χ1v) is 5.97. The van der Waals surface area contributed by atoms with Gasteiger partial charge in [-0.3, -0.25) is 4.79 Å². The summed E-state index contributed by atoms with van der Waals surface area (Å²) in [5.74, 6) is -0.504. The van der Waals surface area contributed by atoms with Gasteiger partial charge < -0.3 is 4.74 Å². The molecule has 4 heteroatoms. The van der Waals surface area contributed by atoms with Crippen molar-refractivity contribution < 1.29 is 14.3 Å². The fourth-order valence-corrected chi connectivity index (χ4v) is 2.02. The van der Waals surface area contributed by atoms with Gasteiger partial charge >= 0.3 is 5.97 Å². The minimum atomic E-state index is -0.504. The van der Waals surface area contributed by atoms with Gasteiger partial charge in [-0.05, 0) is 23.3 Å². The second-order valence-corrected chi connectivity index (χ2v) is 4.30. The molecule has 2 aromatic rings. The Labute approximate surface area is 115 Å². The maximum atomic E-state index is 11.6. The van der Waals surface area contributed by atoms with Crippen LogP contribution in [0.1, 0.15) is 20.7 Å². The van der Waals surface area contributed by atoms with E-state index in [2.05, 4.69) is 4.74 Å². The molecule has 19 heavy (non-hydrogen) atoms. The fourth-order valence-electron chi connectivity index (χ4n) is 1.82. The van der Waals surface area contributed by atoms with Gasteiger partial charge in [0, 0.05) is 5.56 Å². The van der Waals surface area contributed by atoms with Gasteiger partial charge in [-0.25, -0.2) is 4.79 Å². The van der Waals surface area contributed by atoms with Crippen LogP contribution in [0.15, 0.2) is 42.5 Å². The summed E-state index contributed by atoms with van der Waals surface area (Å²) in [4.78, 5) is 22.6. The molecule has 0 aromatic heterocycles. The number of carbonyl (C=O) groups excluding carboxylic acids is 2. The third-order valence-corrected chi connectivity index (χ3v) is 3.10. The van der Waals surface area contributed by atoms with Crippen molar-refractivity contribution in [2.45, 2.75) is 0 Å². The van der Waals surface area contributed by atoms with Crippen LogP contribution in [0, 0.1) is 0 Å². The second kappa shape index (κ2) is 5.67. The van der Waals surface area contributed by atoms with E-state index >= 15 is 0 Å². The van der Waals surface area contributed by atoms with Crippen molar-refractivity contribution in [2.24, 2.45) is 0 Å². The summed E-state index contributed by atoms with van der Waals surface area (Å²) in [6, 6.07) is 12.1. The van der Waals surface area contributed by atoms with Crippen LogP contribution in [0.4, 0.5) is 0 Å². The molecule has 2 aromatic carbocycles. The molecule has 0 unspecified atom stereocenters. The number of halogens is 1. The van der Waals surface area contributed by atoms with Crippen LogP contribution in [0.2, 0.25) is 5.02 Å². The number of carbonyl (C=O) groups is 2.